The zero-order valence-corrected chi connectivity index (χ0v) is 22.0. The van der Waals surface area contributed by atoms with Crippen LogP contribution >= 0.6 is 11.5 Å². The molecule has 2 aromatic heterocycles. The highest BCUT2D eigenvalue weighted by molar-refractivity contribution is 7.09. The first-order valence-corrected chi connectivity index (χ1v) is 12.6. The van der Waals surface area contributed by atoms with E-state index >= 15 is 0 Å². The molecule has 0 saturated heterocycles. The summed E-state index contributed by atoms with van der Waals surface area (Å²) in [5, 5.41) is 3.67. The van der Waals surface area contributed by atoms with Crippen molar-refractivity contribution in [2.45, 2.75) is 19.9 Å². The van der Waals surface area contributed by atoms with E-state index in [9.17, 15) is 14.4 Å². The Balaban J connectivity index is 1.93. The minimum absolute atomic E-state index is 0.0101. The molecule has 11 heteroatoms. The lowest BCUT2D eigenvalue weighted by atomic mass is 9.99. The number of benzene rings is 2. The number of amides is 3. The molecule has 2 heterocycles. The number of nitrogens with two attached hydrogens (primary N) is 2. The molecule has 0 aliphatic rings. The molecule has 0 fully saturated rings. The van der Waals surface area contributed by atoms with E-state index in [1.54, 1.807) is 30.5 Å². The Morgan fingerprint density at radius 1 is 1.13 bits per heavy atom. The van der Waals surface area contributed by atoms with Gasteiger partial charge in [-0.3, -0.25) is 24.3 Å². The van der Waals surface area contributed by atoms with Crippen molar-refractivity contribution in [3.05, 3.63) is 82.0 Å². The summed E-state index contributed by atoms with van der Waals surface area (Å²) in [6.07, 6.45) is 1.69. The molecule has 196 valence electrons. The summed E-state index contributed by atoms with van der Waals surface area (Å²) in [6, 6.07) is 13.6. The van der Waals surface area contributed by atoms with Gasteiger partial charge >= 0.3 is 0 Å². The van der Waals surface area contributed by atoms with Crippen LogP contribution in [0.3, 0.4) is 0 Å². The number of nitrogen functional groups attached to an aromatic ring is 1. The second-order valence-corrected chi connectivity index (χ2v) is 9.52. The van der Waals surface area contributed by atoms with Gasteiger partial charge in [-0.15, -0.1) is 0 Å². The molecule has 1 atom stereocenters. The highest BCUT2D eigenvalue weighted by Crippen LogP contribution is 2.35. The predicted molar refractivity (Wildman–Crippen MR) is 147 cm³/mol. The Morgan fingerprint density at radius 3 is 2.61 bits per heavy atom. The second kappa shape index (κ2) is 11.4. The van der Waals surface area contributed by atoms with Crippen LogP contribution < -0.4 is 21.7 Å². The topological polar surface area (TPSA) is 154 Å². The van der Waals surface area contributed by atoms with E-state index in [2.05, 4.69) is 14.7 Å². The average molecular weight is 533 g/mol. The number of aryl methyl sites for hydroxylation is 2. The fourth-order valence-corrected chi connectivity index (χ4v) is 4.98. The molecule has 38 heavy (non-hydrogen) atoms. The highest BCUT2D eigenvalue weighted by Gasteiger charge is 2.36. The first-order valence-electron chi connectivity index (χ1n) is 11.8. The van der Waals surface area contributed by atoms with Crippen LogP contribution in [-0.2, 0) is 9.53 Å². The molecule has 10 nitrogen and oxygen atoms in total. The van der Waals surface area contributed by atoms with E-state index < -0.39 is 23.8 Å². The van der Waals surface area contributed by atoms with Gasteiger partial charge in [0.15, 0.2) is 5.69 Å². The zero-order chi connectivity index (χ0) is 27.4. The first kappa shape index (κ1) is 26.7. The van der Waals surface area contributed by atoms with Crippen LogP contribution in [-0.4, -0.2) is 47.3 Å². The number of hydrogen-bond donors (Lipinski definition) is 3. The van der Waals surface area contributed by atoms with E-state index in [1.165, 1.54) is 12.0 Å². The molecule has 3 amide bonds. The van der Waals surface area contributed by atoms with Crippen molar-refractivity contribution in [2.75, 3.05) is 30.9 Å². The lowest BCUT2D eigenvalue weighted by molar-refractivity contribution is -0.122. The number of anilines is 2. The zero-order valence-electron chi connectivity index (χ0n) is 21.2. The van der Waals surface area contributed by atoms with Crippen LogP contribution in [0.25, 0.3) is 10.9 Å². The Hall–Kier alpha value is -4.35. The van der Waals surface area contributed by atoms with Gasteiger partial charge in [-0.1, -0.05) is 29.8 Å². The van der Waals surface area contributed by atoms with Gasteiger partial charge in [0.2, 0.25) is 5.91 Å². The largest absolute Gasteiger partial charge is 0.395 e. The molecule has 0 radical (unpaired) electrons. The van der Waals surface area contributed by atoms with Crippen molar-refractivity contribution in [2.24, 2.45) is 5.73 Å². The monoisotopic (exact) mass is 532 g/mol. The quantitative estimate of drug-likeness (QED) is 0.280. The number of methoxy groups -OCH3 is 1. The molecule has 0 aliphatic heterocycles. The Labute approximate surface area is 223 Å². The molecule has 4 rings (SSSR count). The van der Waals surface area contributed by atoms with Crippen molar-refractivity contribution in [3.63, 3.8) is 0 Å². The van der Waals surface area contributed by atoms with Crippen molar-refractivity contribution >= 4 is 51.5 Å². The lowest BCUT2D eigenvalue weighted by Crippen LogP contribution is -2.45. The van der Waals surface area contributed by atoms with Crippen molar-refractivity contribution in [1.82, 2.24) is 14.7 Å². The lowest BCUT2D eigenvalue weighted by Gasteiger charge is -2.32. The van der Waals surface area contributed by atoms with Crippen molar-refractivity contribution in [1.29, 1.82) is 0 Å². The second-order valence-electron chi connectivity index (χ2n) is 8.75. The standard InChI is InChI=1S/C27H28N6O4S/c1-15-6-9-20(16(2)13-15)33(27(36)24-21(28)22(25(29)34)32-38-24)23(26(35)31-11-12-37-3)18-7-8-19-17(14-18)5-4-10-30-19/h4-10,13-14,23H,11-12,28H2,1-3H3,(H2,29,34)(H,31,35). The molecule has 4 aromatic rings. The SMILES string of the molecule is COCCNC(=O)C(c1ccc2ncccc2c1)N(C(=O)c1snc(C(N)=O)c1N)c1ccc(C)cc1C. The van der Waals surface area contributed by atoms with Gasteiger partial charge in [-0.25, -0.2) is 0 Å². The molecule has 0 bridgehead atoms. The summed E-state index contributed by atoms with van der Waals surface area (Å²) in [5.74, 6) is -1.85. The van der Waals surface area contributed by atoms with Crippen LogP contribution in [0.4, 0.5) is 11.4 Å². The number of nitrogens with zero attached hydrogens (tertiary/aromatic N) is 3. The van der Waals surface area contributed by atoms with Crippen LogP contribution in [0.2, 0.25) is 0 Å². The van der Waals surface area contributed by atoms with E-state index in [-0.39, 0.29) is 22.8 Å². The summed E-state index contributed by atoms with van der Waals surface area (Å²) in [5.41, 5.74) is 14.8. The van der Waals surface area contributed by atoms with Crippen LogP contribution in [0.5, 0.6) is 0 Å². The van der Waals surface area contributed by atoms with Gasteiger partial charge in [0.05, 0.1) is 17.8 Å². The van der Waals surface area contributed by atoms with E-state index in [0.29, 0.717) is 17.9 Å². The molecular formula is C27H28N6O4S. The number of fused-ring (bicyclic) bond motifs is 1. The first-order chi connectivity index (χ1) is 18.2. The normalized spacial score (nSPS) is 11.8. The number of nitrogens with one attached hydrogen (secondary N) is 1. The van der Waals surface area contributed by atoms with E-state index in [4.69, 9.17) is 16.2 Å². The van der Waals surface area contributed by atoms with Crippen molar-refractivity contribution < 1.29 is 19.1 Å². The maximum absolute atomic E-state index is 14.2. The fraction of sp³-hybridized carbons (Fsp3) is 0.222. The predicted octanol–water partition coefficient (Wildman–Crippen LogP) is 3.14. The van der Waals surface area contributed by atoms with E-state index in [1.807, 2.05) is 38.1 Å². The average Bonchev–Trinajstić information content (AvgIpc) is 3.28. The minimum atomic E-state index is -1.09. The van der Waals surface area contributed by atoms with Gasteiger partial charge in [0.1, 0.15) is 10.9 Å². The number of rotatable bonds is 9. The summed E-state index contributed by atoms with van der Waals surface area (Å²) < 4.78 is 9.10. The number of aromatic nitrogens is 2. The number of primary amides is 1. The molecule has 0 spiro atoms. The van der Waals surface area contributed by atoms with Gasteiger partial charge in [0.25, 0.3) is 11.8 Å². The van der Waals surface area contributed by atoms with E-state index in [0.717, 1.165) is 33.6 Å². The summed E-state index contributed by atoms with van der Waals surface area (Å²) in [7, 11) is 1.54. The third kappa shape index (κ3) is 5.34. The van der Waals surface area contributed by atoms with Crippen LogP contribution in [0.1, 0.15) is 42.9 Å². The Morgan fingerprint density at radius 2 is 1.92 bits per heavy atom. The van der Waals surface area contributed by atoms with Gasteiger partial charge < -0.3 is 21.5 Å². The number of carbonyl (C=O) groups is 3. The molecule has 0 saturated carbocycles. The Bertz CT molecular complexity index is 1520. The number of hydrogen-bond acceptors (Lipinski definition) is 8. The van der Waals surface area contributed by atoms with Gasteiger partial charge in [-0.2, -0.15) is 4.37 Å². The third-order valence-corrected chi connectivity index (χ3v) is 6.89. The maximum atomic E-state index is 14.2. The molecule has 1 unspecified atom stereocenters. The van der Waals surface area contributed by atoms with Gasteiger partial charge in [-0.05, 0) is 60.8 Å². The van der Waals surface area contributed by atoms with Crippen molar-refractivity contribution in [3.8, 4) is 0 Å². The fourth-order valence-electron chi connectivity index (χ4n) is 4.23. The van der Waals surface area contributed by atoms with Crippen LogP contribution in [0.15, 0.2) is 54.7 Å². The minimum Gasteiger partial charge on any atom is -0.395 e. The molecule has 0 aliphatic carbocycles. The highest BCUT2D eigenvalue weighted by atomic mass is 32.1. The summed E-state index contributed by atoms with van der Waals surface area (Å²) >= 11 is 0.764. The summed E-state index contributed by atoms with van der Waals surface area (Å²) in [6.45, 7) is 4.33. The number of ether oxygens (including phenoxy) is 1. The third-order valence-electron chi connectivity index (χ3n) is 6.04. The number of carbonyl (C=O) groups excluding carboxylic acids is 3. The maximum Gasteiger partial charge on any atom is 0.273 e. The molecule has 5 N–H and O–H groups in total. The molecule has 2 aromatic carbocycles. The smallest absolute Gasteiger partial charge is 0.273 e. The Kier molecular flexibility index (Phi) is 7.99. The molecular weight excluding hydrogens is 504 g/mol. The van der Waals surface area contributed by atoms with Crippen LogP contribution in [0, 0.1) is 13.8 Å². The number of pyridine rings is 1. The van der Waals surface area contributed by atoms with Gasteiger partial charge in [0, 0.05) is 30.9 Å². The summed E-state index contributed by atoms with van der Waals surface area (Å²) in [4.78, 5) is 45.6.